The molecule has 2 rings (SSSR count). The second-order valence-electron chi connectivity index (χ2n) is 4.47. The molecule has 1 heterocycles. The summed E-state index contributed by atoms with van der Waals surface area (Å²) >= 11 is 0. The molecule has 2 aromatic rings. The van der Waals surface area contributed by atoms with Crippen molar-refractivity contribution in [2.45, 2.75) is 20.5 Å². The van der Waals surface area contributed by atoms with Crippen LogP contribution in [0.5, 0.6) is 0 Å². The van der Waals surface area contributed by atoms with E-state index in [1.54, 1.807) is 13.0 Å². The average Bonchev–Trinajstić information content (AvgIpc) is 2.38. The number of amides is 1. The van der Waals surface area contributed by atoms with Crippen molar-refractivity contribution in [1.29, 1.82) is 0 Å². The Labute approximate surface area is 118 Å². The number of aromatic nitrogens is 2. The monoisotopic (exact) mass is 271 g/mol. The molecule has 1 aromatic heterocycles. The average molecular weight is 271 g/mol. The van der Waals surface area contributed by atoms with Crippen molar-refractivity contribution >= 4 is 11.7 Å². The Balaban J connectivity index is 1.81. The minimum Gasteiger partial charge on any atom is -0.367 e. The van der Waals surface area contributed by atoms with Gasteiger partial charge in [0.05, 0.1) is 6.61 Å². The van der Waals surface area contributed by atoms with E-state index in [1.807, 2.05) is 37.3 Å². The predicted molar refractivity (Wildman–Crippen MR) is 76.2 cm³/mol. The van der Waals surface area contributed by atoms with Crippen molar-refractivity contribution in [3.63, 3.8) is 0 Å². The maximum absolute atomic E-state index is 11.7. The van der Waals surface area contributed by atoms with Gasteiger partial charge < -0.3 is 10.1 Å². The Morgan fingerprint density at radius 3 is 2.65 bits per heavy atom. The van der Waals surface area contributed by atoms with Crippen LogP contribution in [0.15, 0.2) is 36.4 Å². The highest BCUT2D eigenvalue weighted by molar-refractivity contribution is 5.90. The molecule has 20 heavy (non-hydrogen) atoms. The van der Waals surface area contributed by atoms with E-state index < -0.39 is 0 Å². The molecule has 0 bridgehead atoms. The molecule has 0 unspecified atom stereocenters. The number of nitrogens with zero attached hydrogens (tertiary/aromatic N) is 2. The van der Waals surface area contributed by atoms with Crippen LogP contribution in [0.4, 0.5) is 5.82 Å². The molecule has 0 aliphatic carbocycles. The van der Waals surface area contributed by atoms with E-state index in [4.69, 9.17) is 4.74 Å². The summed E-state index contributed by atoms with van der Waals surface area (Å²) in [6.07, 6.45) is 0. The number of nitrogens with one attached hydrogen (secondary N) is 1. The van der Waals surface area contributed by atoms with E-state index in [0.717, 1.165) is 11.3 Å². The maximum Gasteiger partial charge on any atom is 0.251 e. The van der Waals surface area contributed by atoms with Crippen molar-refractivity contribution in [3.05, 3.63) is 53.5 Å². The maximum atomic E-state index is 11.7. The zero-order valence-electron chi connectivity index (χ0n) is 11.6. The molecular weight excluding hydrogens is 254 g/mol. The van der Waals surface area contributed by atoms with Gasteiger partial charge in [-0.25, -0.2) is 9.97 Å². The zero-order chi connectivity index (χ0) is 14.4. The largest absolute Gasteiger partial charge is 0.367 e. The van der Waals surface area contributed by atoms with Crippen LogP contribution in [0.25, 0.3) is 0 Å². The Morgan fingerprint density at radius 1 is 1.20 bits per heavy atom. The minimum atomic E-state index is -0.224. The fourth-order valence-corrected chi connectivity index (χ4v) is 1.80. The Bertz CT molecular complexity index is 565. The summed E-state index contributed by atoms with van der Waals surface area (Å²) in [6, 6.07) is 11.4. The predicted octanol–water partition coefficient (Wildman–Crippen LogP) is 2.25. The normalized spacial score (nSPS) is 10.3. The summed E-state index contributed by atoms with van der Waals surface area (Å²) in [7, 11) is 0. The number of anilines is 1. The molecule has 0 aliphatic rings. The molecule has 1 aromatic carbocycles. The topological polar surface area (TPSA) is 64.1 Å². The van der Waals surface area contributed by atoms with E-state index in [1.165, 1.54) is 0 Å². The first-order valence-electron chi connectivity index (χ1n) is 6.37. The van der Waals surface area contributed by atoms with Gasteiger partial charge in [0.25, 0.3) is 5.91 Å². The first-order valence-corrected chi connectivity index (χ1v) is 6.37. The van der Waals surface area contributed by atoms with Crippen molar-refractivity contribution < 1.29 is 9.53 Å². The number of aryl methyl sites for hydroxylation is 2. The van der Waals surface area contributed by atoms with Gasteiger partial charge in [-0.3, -0.25) is 4.79 Å². The van der Waals surface area contributed by atoms with Crippen LogP contribution in [-0.2, 0) is 16.1 Å². The summed E-state index contributed by atoms with van der Waals surface area (Å²) in [4.78, 5) is 20.0. The van der Waals surface area contributed by atoms with Crippen LogP contribution < -0.4 is 5.32 Å². The third-order valence-corrected chi connectivity index (χ3v) is 2.58. The Morgan fingerprint density at radius 2 is 1.95 bits per heavy atom. The van der Waals surface area contributed by atoms with Crippen LogP contribution >= 0.6 is 0 Å². The molecule has 1 N–H and O–H groups in total. The lowest BCUT2D eigenvalue weighted by molar-refractivity contribution is -0.121. The molecule has 0 fully saturated rings. The standard InChI is InChI=1S/C15H17N3O2/c1-11-8-14(17-12(2)16-11)18-15(19)10-20-9-13-6-4-3-5-7-13/h3-8H,9-10H2,1-2H3,(H,16,17,18,19). The highest BCUT2D eigenvalue weighted by Gasteiger charge is 2.05. The van der Waals surface area contributed by atoms with Crippen molar-refractivity contribution in [1.82, 2.24) is 9.97 Å². The third kappa shape index (κ3) is 4.44. The highest BCUT2D eigenvalue weighted by atomic mass is 16.5. The number of carbonyl (C=O) groups is 1. The lowest BCUT2D eigenvalue weighted by atomic mass is 10.2. The summed E-state index contributed by atoms with van der Waals surface area (Å²) in [6.45, 7) is 4.05. The number of ether oxygens (including phenoxy) is 1. The van der Waals surface area contributed by atoms with Crippen LogP contribution in [0.2, 0.25) is 0 Å². The molecule has 0 atom stereocenters. The summed E-state index contributed by atoms with van der Waals surface area (Å²) in [5, 5.41) is 2.69. The Kier molecular flexibility index (Phi) is 4.79. The molecule has 5 heteroatoms. The van der Waals surface area contributed by atoms with Crippen LogP contribution in [-0.4, -0.2) is 22.5 Å². The highest BCUT2D eigenvalue weighted by Crippen LogP contribution is 2.06. The third-order valence-electron chi connectivity index (χ3n) is 2.58. The molecule has 0 spiro atoms. The SMILES string of the molecule is Cc1cc(NC(=O)COCc2ccccc2)nc(C)n1. The number of carbonyl (C=O) groups excluding carboxylic acids is 1. The van der Waals surface area contributed by atoms with Gasteiger partial charge in [0, 0.05) is 11.8 Å². The van der Waals surface area contributed by atoms with Gasteiger partial charge >= 0.3 is 0 Å². The smallest absolute Gasteiger partial charge is 0.251 e. The molecule has 5 nitrogen and oxygen atoms in total. The van der Waals surface area contributed by atoms with E-state index in [0.29, 0.717) is 18.2 Å². The van der Waals surface area contributed by atoms with E-state index in [2.05, 4.69) is 15.3 Å². The lowest BCUT2D eigenvalue weighted by Gasteiger charge is -2.07. The fourth-order valence-electron chi connectivity index (χ4n) is 1.80. The number of hydrogen-bond acceptors (Lipinski definition) is 4. The summed E-state index contributed by atoms with van der Waals surface area (Å²) in [5.41, 5.74) is 1.85. The van der Waals surface area contributed by atoms with E-state index >= 15 is 0 Å². The van der Waals surface area contributed by atoms with E-state index in [9.17, 15) is 4.79 Å². The van der Waals surface area contributed by atoms with Gasteiger partial charge in [-0.05, 0) is 19.4 Å². The van der Waals surface area contributed by atoms with Gasteiger partial charge in [-0.1, -0.05) is 30.3 Å². The zero-order valence-corrected chi connectivity index (χ0v) is 11.6. The van der Waals surface area contributed by atoms with Crippen LogP contribution in [0, 0.1) is 13.8 Å². The number of rotatable bonds is 5. The number of benzene rings is 1. The first-order chi connectivity index (χ1) is 9.63. The van der Waals surface area contributed by atoms with E-state index in [-0.39, 0.29) is 12.5 Å². The van der Waals surface area contributed by atoms with Gasteiger partial charge in [0.2, 0.25) is 0 Å². The van der Waals surface area contributed by atoms with Gasteiger partial charge in [-0.2, -0.15) is 0 Å². The summed E-state index contributed by atoms with van der Waals surface area (Å²) in [5.74, 6) is 0.909. The number of hydrogen-bond donors (Lipinski definition) is 1. The molecule has 0 saturated carbocycles. The molecule has 104 valence electrons. The van der Waals surface area contributed by atoms with Crippen molar-refractivity contribution in [2.75, 3.05) is 11.9 Å². The summed E-state index contributed by atoms with van der Waals surface area (Å²) < 4.78 is 5.36. The Hall–Kier alpha value is -2.27. The molecule has 1 amide bonds. The van der Waals surface area contributed by atoms with Crippen LogP contribution in [0.1, 0.15) is 17.1 Å². The second kappa shape index (κ2) is 6.77. The fraction of sp³-hybridized carbons (Fsp3) is 0.267. The lowest BCUT2D eigenvalue weighted by Crippen LogP contribution is -2.19. The quantitative estimate of drug-likeness (QED) is 0.906. The minimum absolute atomic E-state index is 0.00298. The van der Waals surface area contributed by atoms with Gasteiger partial charge in [0.15, 0.2) is 0 Å². The van der Waals surface area contributed by atoms with Gasteiger partial charge in [0.1, 0.15) is 18.2 Å². The molecule has 0 saturated heterocycles. The second-order valence-corrected chi connectivity index (χ2v) is 4.47. The van der Waals surface area contributed by atoms with Crippen molar-refractivity contribution in [3.8, 4) is 0 Å². The van der Waals surface area contributed by atoms with Crippen LogP contribution in [0.3, 0.4) is 0 Å². The molecule has 0 aliphatic heterocycles. The first kappa shape index (κ1) is 14.1. The molecule has 0 radical (unpaired) electrons. The van der Waals surface area contributed by atoms with Gasteiger partial charge in [-0.15, -0.1) is 0 Å². The van der Waals surface area contributed by atoms with Crippen molar-refractivity contribution in [2.24, 2.45) is 0 Å². The molecular formula is C15H17N3O2.